The van der Waals surface area contributed by atoms with Crippen LogP contribution in [0.3, 0.4) is 0 Å². The molecule has 0 aliphatic heterocycles. The van der Waals surface area contributed by atoms with E-state index >= 15 is 0 Å². The smallest absolute Gasteiger partial charge is 0.241 e. The zero-order valence-corrected chi connectivity index (χ0v) is 12.5. The van der Waals surface area contributed by atoms with Crippen LogP contribution in [0.25, 0.3) is 0 Å². The van der Waals surface area contributed by atoms with Gasteiger partial charge in [-0.25, -0.2) is 13.1 Å². The second-order valence-corrected chi connectivity index (χ2v) is 7.13. The molecule has 104 valence electrons. The summed E-state index contributed by atoms with van der Waals surface area (Å²) in [7, 11) is -3.44. The first-order chi connectivity index (χ1) is 8.49. The molecule has 0 spiro atoms. The average molecular weight is 291 g/mol. The highest BCUT2D eigenvalue weighted by atomic mass is 32.2. The lowest BCUT2D eigenvalue weighted by molar-refractivity contribution is 0.285. The molecule has 1 aromatic rings. The Hall–Kier alpha value is -0.430. The van der Waals surface area contributed by atoms with Gasteiger partial charge in [-0.05, 0) is 19.4 Å². The molecule has 0 amide bonds. The first-order valence-corrected chi connectivity index (χ1v) is 8.56. The van der Waals surface area contributed by atoms with Gasteiger partial charge in [-0.15, -0.1) is 11.3 Å². The van der Waals surface area contributed by atoms with Gasteiger partial charge < -0.3 is 5.11 Å². The monoisotopic (exact) mass is 291 g/mol. The number of rotatable bonds is 8. The minimum atomic E-state index is -3.44. The number of thiophene rings is 1. The highest BCUT2D eigenvalue weighted by Crippen LogP contribution is 2.19. The molecule has 0 aliphatic rings. The van der Waals surface area contributed by atoms with E-state index < -0.39 is 10.0 Å². The van der Waals surface area contributed by atoms with E-state index in [-0.39, 0.29) is 17.5 Å². The molecular weight excluding hydrogens is 270 g/mol. The second-order valence-electron chi connectivity index (χ2n) is 4.42. The predicted octanol–water partition coefficient (Wildman–Crippen LogP) is 2.49. The maximum atomic E-state index is 12.0. The standard InChI is InChI=1S/C12H21NO3S2/c1-3-4-5-6-10(2)13-18(15,16)12-7-11(8-14)17-9-12/h7,9-10,13-14H,3-6,8H2,1-2H3. The Morgan fingerprint density at radius 3 is 2.72 bits per heavy atom. The Labute approximate surface area is 113 Å². The van der Waals surface area contributed by atoms with Gasteiger partial charge >= 0.3 is 0 Å². The van der Waals surface area contributed by atoms with Gasteiger partial charge in [0, 0.05) is 16.3 Å². The van der Waals surface area contributed by atoms with Crippen molar-refractivity contribution in [1.82, 2.24) is 4.72 Å². The minimum Gasteiger partial charge on any atom is -0.391 e. The number of hydrogen-bond acceptors (Lipinski definition) is 4. The minimum absolute atomic E-state index is 0.0565. The van der Waals surface area contributed by atoms with Gasteiger partial charge in [0.15, 0.2) is 0 Å². The Morgan fingerprint density at radius 2 is 2.17 bits per heavy atom. The highest BCUT2D eigenvalue weighted by Gasteiger charge is 2.18. The molecule has 1 heterocycles. The van der Waals surface area contributed by atoms with E-state index in [4.69, 9.17) is 5.11 Å². The summed E-state index contributed by atoms with van der Waals surface area (Å²) in [5.41, 5.74) is 0. The molecular formula is C12H21NO3S2. The van der Waals surface area contributed by atoms with Crippen molar-refractivity contribution in [2.24, 2.45) is 0 Å². The molecule has 2 N–H and O–H groups in total. The van der Waals surface area contributed by atoms with Crippen molar-refractivity contribution in [3.63, 3.8) is 0 Å². The Bertz CT molecular complexity index is 454. The van der Waals surface area contributed by atoms with Crippen LogP contribution < -0.4 is 4.72 Å². The molecule has 18 heavy (non-hydrogen) atoms. The van der Waals surface area contributed by atoms with Crippen LogP contribution in [0.2, 0.25) is 0 Å². The third kappa shape index (κ3) is 4.68. The van der Waals surface area contributed by atoms with Crippen molar-refractivity contribution in [3.05, 3.63) is 16.3 Å². The zero-order chi connectivity index (χ0) is 13.6. The van der Waals surface area contributed by atoms with E-state index in [1.807, 2.05) is 6.92 Å². The molecule has 0 saturated heterocycles. The van der Waals surface area contributed by atoms with Crippen LogP contribution in [-0.4, -0.2) is 19.6 Å². The number of hydrogen-bond donors (Lipinski definition) is 2. The molecule has 0 saturated carbocycles. The maximum Gasteiger partial charge on any atom is 0.241 e. The van der Waals surface area contributed by atoms with Crippen LogP contribution >= 0.6 is 11.3 Å². The summed E-state index contributed by atoms with van der Waals surface area (Å²) in [6, 6.07) is 1.46. The number of aliphatic hydroxyl groups is 1. The van der Waals surface area contributed by atoms with Crippen molar-refractivity contribution in [1.29, 1.82) is 0 Å². The second kappa shape index (κ2) is 7.23. The van der Waals surface area contributed by atoms with E-state index in [1.54, 1.807) is 5.38 Å². The molecule has 6 heteroatoms. The lowest BCUT2D eigenvalue weighted by Gasteiger charge is -2.13. The Morgan fingerprint density at radius 1 is 1.44 bits per heavy atom. The van der Waals surface area contributed by atoms with Gasteiger partial charge in [0.1, 0.15) is 0 Å². The quantitative estimate of drug-likeness (QED) is 0.723. The van der Waals surface area contributed by atoms with Gasteiger partial charge in [-0.3, -0.25) is 0 Å². The van der Waals surface area contributed by atoms with Crippen LogP contribution in [0.4, 0.5) is 0 Å². The molecule has 0 bridgehead atoms. The average Bonchev–Trinajstić information content (AvgIpc) is 2.78. The van der Waals surface area contributed by atoms with Crippen molar-refractivity contribution in [2.45, 2.75) is 57.1 Å². The van der Waals surface area contributed by atoms with E-state index in [2.05, 4.69) is 11.6 Å². The normalized spacial score (nSPS) is 13.7. The van der Waals surface area contributed by atoms with E-state index in [1.165, 1.54) is 17.4 Å². The zero-order valence-electron chi connectivity index (χ0n) is 10.8. The van der Waals surface area contributed by atoms with Crippen LogP contribution in [0.15, 0.2) is 16.3 Å². The van der Waals surface area contributed by atoms with Crippen LogP contribution in [0, 0.1) is 0 Å². The van der Waals surface area contributed by atoms with Gasteiger partial charge in [0.2, 0.25) is 10.0 Å². The number of unbranched alkanes of at least 4 members (excludes halogenated alkanes) is 2. The fourth-order valence-corrected chi connectivity index (χ4v) is 4.09. The van der Waals surface area contributed by atoms with Crippen molar-refractivity contribution in [3.8, 4) is 0 Å². The summed E-state index contributed by atoms with van der Waals surface area (Å²) < 4.78 is 26.7. The predicted molar refractivity (Wildman–Crippen MR) is 74.2 cm³/mol. The molecule has 1 atom stereocenters. The lowest BCUT2D eigenvalue weighted by atomic mass is 10.1. The lowest BCUT2D eigenvalue weighted by Crippen LogP contribution is -2.32. The summed E-state index contributed by atoms with van der Waals surface area (Å²) in [6.45, 7) is 3.88. The first-order valence-electron chi connectivity index (χ1n) is 6.20. The van der Waals surface area contributed by atoms with Crippen LogP contribution in [-0.2, 0) is 16.6 Å². The first kappa shape index (κ1) is 15.6. The summed E-state index contributed by atoms with van der Waals surface area (Å²) in [4.78, 5) is 0.910. The molecule has 4 nitrogen and oxygen atoms in total. The van der Waals surface area contributed by atoms with Gasteiger partial charge in [-0.1, -0.05) is 26.2 Å². The van der Waals surface area contributed by atoms with Gasteiger partial charge in [0.05, 0.1) is 11.5 Å². The fourth-order valence-electron chi connectivity index (χ4n) is 1.68. The van der Waals surface area contributed by atoms with Gasteiger partial charge in [-0.2, -0.15) is 0 Å². The summed E-state index contributed by atoms with van der Waals surface area (Å²) in [5, 5.41) is 10.5. The molecule has 1 rings (SSSR count). The van der Waals surface area contributed by atoms with Gasteiger partial charge in [0.25, 0.3) is 0 Å². The topological polar surface area (TPSA) is 66.4 Å². The summed E-state index contributed by atoms with van der Waals surface area (Å²) in [6.07, 6.45) is 4.14. The third-order valence-electron chi connectivity index (χ3n) is 2.69. The van der Waals surface area contributed by atoms with E-state index in [9.17, 15) is 8.42 Å². The van der Waals surface area contributed by atoms with Crippen LogP contribution in [0.1, 0.15) is 44.4 Å². The largest absolute Gasteiger partial charge is 0.391 e. The summed E-state index contributed by atoms with van der Waals surface area (Å²) in [5.74, 6) is 0. The SMILES string of the molecule is CCCCCC(C)NS(=O)(=O)c1csc(CO)c1. The summed E-state index contributed by atoms with van der Waals surface area (Å²) >= 11 is 1.26. The van der Waals surface area contributed by atoms with Crippen molar-refractivity contribution in [2.75, 3.05) is 0 Å². The molecule has 0 radical (unpaired) electrons. The molecule has 0 fully saturated rings. The number of aliphatic hydroxyl groups excluding tert-OH is 1. The van der Waals surface area contributed by atoms with Crippen LogP contribution in [0.5, 0.6) is 0 Å². The molecule has 0 aromatic carbocycles. The van der Waals surface area contributed by atoms with E-state index in [0.29, 0.717) is 4.88 Å². The van der Waals surface area contributed by atoms with Crippen molar-refractivity contribution >= 4 is 21.4 Å². The Kier molecular flexibility index (Phi) is 6.28. The maximum absolute atomic E-state index is 12.0. The number of sulfonamides is 1. The third-order valence-corrected chi connectivity index (χ3v) is 5.33. The molecule has 1 unspecified atom stereocenters. The molecule has 0 aliphatic carbocycles. The van der Waals surface area contributed by atoms with E-state index in [0.717, 1.165) is 25.7 Å². The van der Waals surface area contributed by atoms with Crippen molar-refractivity contribution < 1.29 is 13.5 Å². The fraction of sp³-hybridized carbons (Fsp3) is 0.667. The Balaban J connectivity index is 2.58. The highest BCUT2D eigenvalue weighted by molar-refractivity contribution is 7.89. The number of nitrogens with one attached hydrogen (secondary N) is 1. The molecule has 1 aromatic heterocycles.